The smallest absolute Gasteiger partial charge is 0.277 e. The third kappa shape index (κ3) is 5.20. The highest BCUT2D eigenvalue weighted by molar-refractivity contribution is 7.99. The molecule has 6 heteroatoms. The number of aromatic nitrogens is 2. The van der Waals surface area contributed by atoms with E-state index in [0.717, 1.165) is 11.1 Å². The van der Waals surface area contributed by atoms with Crippen molar-refractivity contribution in [2.45, 2.75) is 25.1 Å². The molecule has 0 aliphatic carbocycles. The van der Waals surface area contributed by atoms with Gasteiger partial charge in [0, 0.05) is 13.6 Å². The number of hydrogen-bond acceptors (Lipinski definition) is 5. The Bertz CT molecular complexity index is 847. The summed E-state index contributed by atoms with van der Waals surface area (Å²) in [5, 5.41) is 8.48. The van der Waals surface area contributed by atoms with E-state index in [4.69, 9.17) is 4.42 Å². The van der Waals surface area contributed by atoms with Crippen molar-refractivity contribution in [2.75, 3.05) is 12.8 Å². The highest BCUT2D eigenvalue weighted by atomic mass is 32.2. The van der Waals surface area contributed by atoms with Gasteiger partial charge in [-0.2, -0.15) is 0 Å². The molecule has 0 unspecified atom stereocenters. The van der Waals surface area contributed by atoms with Crippen LogP contribution < -0.4 is 0 Å². The topological polar surface area (TPSA) is 59.2 Å². The molecule has 0 aliphatic heterocycles. The third-order valence-corrected chi connectivity index (χ3v) is 4.73. The molecule has 0 bridgehead atoms. The van der Waals surface area contributed by atoms with Crippen LogP contribution in [0.4, 0.5) is 0 Å². The van der Waals surface area contributed by atoms with Crippen LogP contribution in [0.1, 0.15) is 22.6 Å². The number of rotatable bonds is 7. The van der Waals surface area contributed by atoms with Gasteiger partial charge in [0.05, 0.1) is 12.2 Å². The van der Waals surface area contributed by atoms with Crippen molar-refractivity contribution in [2.24, 2.45) is 0 Å². The van der Waals surface area contributed by atoms with Gasteiger partial charge in [-0.1, -0.05) is 71.9 Å². The second-order valence-electron chi connectivity index (χ2n) is 6.15. The molecule has 0 N–H and O–H groups in total. The minimum absolute atomic E-state index is 0.0263. The van der Waals surface area contributed by atoms with Crippen LogP contribution in [0.25, 0.3) is 0 Å². The Morgan fingerprint density at radius 2 is 1.77 bits per heavy atom. The lowest BCUT2D eigenvalue weighted by Crippen LogP contribution is -2.27. The molecule has 0 saturated heterocycles. The summed E-state index contributed by atoms with van der Waals surface area (Å²) in [7, 11) is 1.80. The lowest BCUT2D eigenvalue weighted by Gasteiger charge is -2.16. The molecule has 134 valence electrons. The molecule has 1 aromatic heterocycles. The molecule has 2 aromatic carbocycles. The van der Waals surface area contributed by atoms with Gasteiger partial charge in [-0.25, -0.2) is 0 Å². The summed E-state index contributed by atoms with van der Waals surface area (Å²) in [5.74, 6) is 0.854. The molecule has 3 rings (SSSR count). The van der Waals surface area contributed by atoms with Gasteiger partial charge in [0.2, 0.25) is 11.8 Å². The Balaban J connectivity index is 1.49. The molecule has 0 radical (unpaired) electrons. The summed E-state index contributed by atoms with van der Waals surface area (Å²) in [6, 6.07) is 18.1. The van der Waals surface area contributed by atoms with E-state index >= 15 is 0 Å². The number of nitrogens with zero attached hydrogens (tertiary/aromatic N) is 3. The number of carbonyl (C=O) groups excluding carboxylic acids is 1. The summed E-state index contributed by atoms with van der Waals surface area (Å²) < 4.78 is 5.62. The maximum Gasteiger partial charge on any atom is 0.277 e. The molecule has 1 heterocycles. The average Bonchev–Trinajstić information content (AvgIpc) is 3.09. The Morgan fingerprint density at radius 1 is 1.04 bits per heavy atom. The van der Waals surface area contributed by atoms with Gasteiger partial charge in [-0.3, -0.25) is 4.79 Å². The first-order valence-electron chi connectivity index (χ1n) is 8.39. The number of thioether (sulfide) groups is 1. The molecule has 0 saturated carbocycles. The molecule has 0 fully saturated rings. The van der Waals surface area contributed by atoms with Crippen LogP contribution in [-0.4, -0.2) is 33.8 Å². The third-order valence-electron chi connectivity index (χ3n) is 3.93. The molecule has 0 aliphatic rings. The Morgan fingerprint density at radius 3 is 2.50 bits per heavy atom. The van der Waals surface area contributed by atoms with Crippen LogP contribution in [0.5, 0.6) is 0 Å². The molecule has 1 amide bonds. The predicted octanol–water partition coefficient (Wildman–Crippen LogP) is 3.72. The van der Waals surface area contributed by atoms with Crippen molar-refractivity contribution in [3.05, 3.63) is 77.2 Å². The van der Waals surface area contributed by atoms with Crippen LogP contribution in [0.3, 0.4) is 0 Å². The standard InChI is InChI=1S/C20H21N3O2S/c1-15-8-10-17(11-9-15)13-23(2)19(24)14-26-20-22-21-18(25-20)12-16-6-4-3-5-7-16/h3-11H,12-14H2,1-2H3. The van der Waals surface area contributed by atoms with Crippen LogP contribution in [0, 0.1) is 6.92 Å². The summed E-state index contributed by atoms with van der Waals surface area (Å²) >= 11 is 1.27. The first-order valence-corrected chi connectivity index (χ1v) is 9.37. The fourth-order valence-corrected chi connectivity index (χ4v) is 3.15. The summed E-state index contributed by atoms with van der Waals surface area (Å²) in [5.41, 5.74) is 3.43. The minimum atomic E-state index is 0.0263. The SMILES string of the molecule is Cc1ccc(CN(C)C(=O)CSc2nnc(Cc3ccccc3)o2)cc1. The molecule has 5 nitrogen and oxygen atoms in total. The normalized spacial score (nSPS) is 10.7. The molecule has 3 aromatic rings. The van der Waals surface area contributed by atoms with Gasteiger partial charge in [-0.15, -0.1) is 10.2 Å². The maximum absolute atomic E-state index is 12.3. The second kappa shape index (κ2) is 8.67. The van der Waals surface area contributed by atoms with Gasteiger partial charge >= 0.3 is 0 Å². The first-order chi connectivity index (χ1) is 12.6. The summed E-state index contributed by atoms with van der Waals surface area (Å²) in [4.78, 5) is 14.0. The van der Waals surface area contributed by atoms with Crippen molar-refractivity contribution in [3.8, 4) is 0 Å². The van der Waals surface area contributed by atoms with Crippen LogP contribution in [-0.2, 0) is 17.8 Å². The average molecular weight is 367 g/mol. The van der Waals surface area contributed by atoms with Crippen molar-refractivity contribution >= 4 is 17.7 Å². The molecular formula is C20H21N3O2S. The second-order valence-corrected chi connectivity index (χ2v) is 7.07. The largest absolute Gasteiger partial charge is 0.416 e. The lowest BCUT2D eigenvalue weighted by molar-refractivity contribution is -0.127. The molecular weight excluding hydrogens is 346 g/mol. The van der Waals surface area contributed by atoms with Crippen LogP contribution >= 0.6 is 11.8 Å². The highest BCUT2D eigenvalue weighted by Crippen LogP contribution is 2.18. The molecule has 26 heavy (non-hydrogen) atoms. The van der Waals surface area contributed by atoms with Crippen molar-refractivity contribution < 1.29 is 9.21 Å². The Kier molecular flexibility index (Phi) is 6.07. The van der Waals surface area contributed by atoms with Gasteiger partial charge in [-0.05, 0) is 18.1 Å². The van der Waals surface area contributed by atoms with E-state index < -0.39 is 0 Å². The zero-order chi connectivity index (χ0) is 18.4. The van der Waals surface area contributed by atoms with Gasteiger partial charge < -0.3 is 9.32 Å². The maximum atomic E-state index is 12.3. The number of hydrogen-bond donors (Lipinski definition) is 0. The van der Waals surface area contributed by atoms with E-state index in [-0.39, 0.29) is 11.7 Å². The number of amides is 1. The number of benzene rings is 2. The number of aryl methyl sites for hydroxylation is 1. The van der Waals surface area contributed by atoms with Crippen molar-refractivity contribution in [1.29, 1.82) is 0 Å². The van der Waals surface area contributed by atoms with E-state index in [1.54, 1.807) is 11.9 Å². The Labute approximate surface area is 157 Å². The number of carbonyl (C=O) groups is 1. The van der Waals surface area contributed by atoms with E-state index in [9.17, 15) is 4.79 Å². The monoisotopic (exact) mass is 367 g/mol. The lowest BCUT2D eigenvalue weighted by atomic mass is 10.1. The fraction of sp³-hybridized carbons (Fsp3) is 0.250. The fourth-order valence-electron chi connectivity index (χ4n) is 2.43. The van der Waals surface area contributed by atoms with Gasteiger partial charge in [0.25, 0.3) is 5.22 Å². The van der Waals surface area contributed by atoms with E-state index in [1.165, 1.54) is 17.3 Å². The highest BCUT2D eigenvalue weighted by Gasteiger charge is 2.13. The van der Waals surface area contributed by atoms with Crippen molar-refractivity contribution in [1.82, 2.24) is 15.1 Å². The molecule has 0 spiro atoms. The molecule has 0 atom stereocenters. The van der Waals surface area contributed by atoms with E-state index in [2.05, 4.69) is 22.3 Å². The Hall–Kier alpha value is -2.60. The van der Waals surface area contributed by atoms with Gasteiger partial charge in [0.15, 0.2) is 0 Å². The zero-order valence-corrected chi connectivity index (χ0v) is 15.7. The minimum Gasteiger partial charge on any atom is -0.416 e. The van der Waals surface area contributed by atoms with E-state index in [0.29, 0.717) is 24.1 Å². The quantitative estimate of drug-likeness (QED) is 0.596. The van der Waals surface area contributed by atoms with Gasteiger partial charge in [0.1, 0.15) is 0 Å². The summed E-state index contributed by atoms with van der Waals surface area (Å²) in [6.07, 6.45) is 0.593. The predicted molar refractivity (Wildman–Crippen MR) is 102 cm³/mol. The zero-order valence-electron chi connectivity index (χ0n) is 14.9. The van der Waals surface area contributed by atoms with Crippen LogP contribution in [0.15, 0.2) is 64.2 Å². The van der Waals surface area contributed by atoms with E-state index in [1.807, 2.05) is 49.4 Å². The van der Waals surface area contributed by atoms with Crippen LogP contribution in [0.2, 0.25) is 0 Å². The first kappa shape index (κ1) is 18.2. The van der Waals surface area contributed by atoms with Crippen molar-refractivity contribution in [3.63, 3.8) is 0 Å². The summed E-state index contributed by atoms with van der Waals surface area (Å²) in [6.45, 7) is 2.63.